The third-order valence-electron chi connectivity index (χ3n) is 2.52. The SMILES string of the molecule is CCC(C)(C)Oc1cc(OC)c(F)cc1N. The number of nitrogens with two attached hydrogens (primary N) is 1. The van der Waals surface area contributed by atoms with Gasteiger partial charge in [0.25, 0.3) is 0 Å². The van der Waals surface area contributed by atoms with Crippen molar-refractivity contribution in [1.82, 2.24) is 0 Å². The molecule has 0 fully saturated rings. The molecule has 1 rings (SSSR count). The van der Waals surface area contributed by atoms with Gasteiger partial charge < -0.3 is 15.2 Å². The first-order valence-corrected chi connectivity index (χ1v) is 5.21. The van der Waals surface area contributed by atoms with E-state index in [1.807, 2.05) is 20.8 Å². The molecule has 2 N–H and O–H groups in total. The Morgan fingerprint density at radius 2 is 1.94 bits per heavy atom. The number of nitrogen functional groups attached to an aromatic ring is 1. The molecule has 0 aliphatic heterocycles. The van der Waals surface area contributed by atoms with Gasteiger partial charge >= 0.3 is 0 Å². The van der Waals surface area contributed by atoms with Crippen molar-refractivity contribution in [2.45, 2.75) is 32.8 Å². The van der Waals surface area contributed by atoms with Crippen LogP contribution in [0.2, 0.25) is 0 Å². The van der Waals surface area contributed by atoms with Gasteiger partial charge in [0, 0.05) is 12.1 Å². The second-order valence-electron chi connectivity index (χ2n) is 4.24. The fourth-order valence-electron chi connectivity index (χ4n) is 1.16. The standard InChI is InChI=1S/C12H18FNO2/c1-5-12(2,3)16-11-7-10(15-4)8(13)6-9(11)14/h6-7H,5,14H2,1-4H3. The molecule has 0 saturated carbocycles. The van der Waals surface area contributed by atoms with Gasteiger partial charge in [-0.2, -0.15) is 0 Å². The highest BCUT2D eigenvalue weighted by molar-refractivity contribution is 5.56. The number of rotatable bonds is 4. The Morgan fingerprint density at radius 3 is 2.44 bits per heavy atom. The van der Waals surface area contributed by atoms with Gasteiger partial charge in [-0.3, -0.25) is 0 Å². The lowest BCUT2D eigenvalue weighted by atomic mass is 10.1. The Kier molecular flexibility index (Phi) is 3.62. The van der Waals surface area contributed by atoms with Crippen LogP contribution in [-0.4, -0.2) is 12.7 Å². The molecular weight excluding hydrogens is 209 g/mol. The molecule has 0 aliphatic carbocycles. The first-order valence-electron chi connectivity index (χ1n) is 5.21. The first-order chi connectivity index (χ1) is 7.39. The summed E-state index contributed by atoms with van der Waals surface area (Å²) in [6.07, 6.45) is 0.826. The van der Waals surface area contributed by atoms with Crippen LogP contribution in [-0.2, 0) is 0 Å². The van der Waals surface area contributed by atoms with Gasteiger partial charge in [0.15, 0.2) is 11.6 Å². The fourth-order valence-corrected chi connectivity index (χ4v) is 1.16. The van der Waals surface area contributed by atoms with Crippen molar-refractivity contribution >= 4 is 5.69 Å². The van der Waals surface area contributed by atoms with E-state index in [0.717, 1.165) is 6.42 Å². The molecule has 0 aromatic heterocycles. The molecule has 1 aromatic carbocycles. The Morgan fingerprint density at radius 1 is 1.31 bits per heavy atom. The summed E-state index contributed by atoms with van der Waals surface area (Å²) in [5.74, 6) is 0.0999. The van der Waals surface area contributed by atoms with Gasteiger partial charge in [-0.15, -0.1) is 0 Å². The Hall–Kier alpha value is -1.45. The van der Waals surface area contributed by atoms with E-state index in [-0.39, 0.29) is 17.0 Å². The fraction of sp³-hybridized carbons (Fsp3) is 0.500. The zero-order valence-electron chi connectivity index (χ0n) is 10.1. The molecule has 0 saturated heterocycles. The summed E-state index contributed by atoms with van der Waals surface area (Å²) in [6, 6.07) is 2.68. The third-order valence-corrected chi connectivity index (χ3v) is 2.52. The lowest BCUT2D eigenvalue weighted by Gasteiger charge is -2.26. The molecule has 0 heterocycles. The van der Waals surface area contributed by atoms with E-state index in [1.165, 1.54) is 19.2 Å². The van der Waals surface area contributed by atoms with E-state index in [9.17, 15) is 4.39 Å². The highest BCUT2D eigenvalue weighted by Gasteiger charge is 2.19. The normalized spacial score (nSPS) is 11.3. The first kappa shape index (κ1) is 12.6. The Balaban J connectivity index is 3.05. The third kappa shape index (κ3) is 2.78. The summed E-state index contributed by atoms with van der Waals surface area (Å²) in [7, 11) is 1.41. The van der Waals surface area contributed by atoms with E-state index >= 15 is 0 Å². The van der Waals surface area contributed by atoms with Gasteiger partial charge in [-0.25, -0.2) is 4.39 Å². The minimum atomic E-state index is -0.485. The topological polar surface area (TPSA) is 44.5 Å². The van der Waals surface area contributed by atoms with Crippen LogP contribution in [0, 0.1) is 5.82 Å². The van der Waals surface area contributed by atoms with Crippen LogP contribution < -0.4 is 15.2 Å². The summed E-state index contributed by atoms with van der Waals surface area (Å²) < 4.78 is 23.9. The van der Waals surface area contributed by atoms with E-state index in [4.69, 9.17) is 15.2 Å². The van der Waals surface area contributed by atoms with Gasteiger partial charge in [-0.1, -0.05) is 6.92 Å². The van der Waals surface area contributed by atoms with Crippen molar-refractivity contribution in [3.05, 3.63) is 17.9 Å². The highest BCUT2D eigenvalue weighted by atomic mass is 19.1. The number of hydrogen-bond donors (Lipinski definition) is 1. The van der Waals surface area contributed by atoms with Crippen LogP contribution in [0.25, 0.3) is 0 Å². The number of benzene rings is 1. The van der Waals surface area contributed by atoms with Crippen LogP contribution in [0.1, 0.15) is 27.2 Å². The molecule has 4 heteroatoms. The summed E-state index contributed by atoms with van der Waals surface area (Å²) in [5, 5.41) is 0. The molecular formula is C12H18FNO2. The van der Waals surface area contributed by atoms with Crippen LogP contribution in [0.3, 0.4) is 0 Å². The van der Waals surface area contributed by atoms with Crippen LogP contribution >= 0.6 is 0 Å². The van der Waals surface area contributed by atoms with Crippen LogP contribution in [0.15, 0.2) is 12.1 Å². The Labute approximate surface area is 95.4 Å². The van der Waals surface area contributed by atoms with Gasteiger partial charge in [0.05, 0.1) is 12.8 Å². The molecule has 1 aromatic rings. The maximum absolute atomic E-state index is 13.3. The molecule has 0 bridgehead atoms. The molecule has 0 amide bonds. The molecule has 0 atom stereocenters. The lowest BCUT2D eigenvalue weighted by molar-refractivity contribution is 0.106. The van der Waals surface area contributed by atoms with Crippen molar-refractivity contribution in [2.75, 3.05) is 12.8 Å². The number of methoxy groups -OCH3 is 1. The largest absolute Gasteiger partial charge is 0.494 e. The maximum Gasteiger partial charge on any atom is 0.167 e. The van der Waals surface area contributed by atoms with Crippen LogP contribution in [0.5, 0.6) is 11.5 Å². The van der Waals surface area contributed by atoms with Crippen molar-refractivity contribution in [2.24, 2.45) is 0 Å². The quantitative estimate of drug-likeness (QED) is 0.804. The molecule has 0 spiro atoms. The second-order valence-corrected chi connectivity index (χ2v) is 4.24. The van der Waals surface area contributed by atoms with Crippen molar-refractivity contribution in [1.29, 1.82) is 0 Å². The minimum absolute atomic E-state index is 0.135. The molecule has 3 nitrogen and oxygen atoms in total. The summed E-state index contributed by atoms with van der Waals surface area (Å²) >= 11 is 0. The van der Waals surface area contributed by atoms with E-state index in [0.29, 0.717) is 5.75 Å². The van der Waals surface area contributed by atoms with E-state index in [1.54, 1.807) is 0 Å². The van der Waals surface area contributed by atoms with Crippen molar-refractivity contribution in [3.63, 3.8) is 0 Å². The number of anilines is 1. The van der Waals surface area contributed by atoms with Gasteiger partial charge in [0.2, 0.25) is 0 Å². The zero-order valence-corrected chi connectivity index (χ0v) is 10.1. The Bertz CT molecular complexity index is 378. The molecule has 0 unspecified atom stereocenters. The van der Waals surface area contributed by atoms with Gasteiger partial charge in [0.1, 0.15) is 11.4 Å². The van der Waals surface area contributed by atoms with Crippen LogP contribution in [0.4, 0.5) is 10.1 Å². The predicted molar refractivity (Wildman–Crippen MR) is 62.4 cm³/mol. The highest BCUT2D eigenvalue weighted by Crippen LogP contribution is 2.32. The predicted octanol–water partition coefficient (Wildman–Crippen LogP) is 2.98. The maximum atomic E-state index is 13.3. The van der Waals surface area contributed by atoms with Gasteiger partial charge in [-0.05, 0) is 20.3 Å². The molecule has 0 radical (unpaired) electrons. The van der Waals surface area contributed by atoms with Crippen molar-refractivity contribution < 1.29 is 13.9 Å². The number of ether oxygens (including phenoxy) is 2. The summed E-state index contributed by atoms with van der Waals surface area (Å²) in [5.41, 5.74) is 5.63. The monoisotopic (exact) mass is 227 g/mol. The average Bonchev–Trinajstić information content (AvgIpc) is 2.22. The van der Waals surface area contributed by atoms with Crippen molar-refractivity contribution in [3.8, 4) is 11.5 Å². The van der Waals surface area contributed by atoms with E-state index in [2.05, 4.69) is 0 Å². The average molecular weight is 227 g/mol. The molecule has 90 valence electrons. The molecule has 16 heavy (non-hydrogen) atoms. The zero-order chi connectivity index (χ0) is 12.3. The number of hydrogen-bond acceptors (Lipinski definition) is 3. The number of halogens is 1. The summed E-state index contributed by atoms with van der Waals surface area (Å²) in [4.78, 5) is 0. The smallest absolute Gasteiger partial charge is 0.167 e. The van der Waals surface area contributed by atoms with E-state index < -0.39 is 5.82 Å². The lowest BCUT2D eigenvalue weighted by Crippen LogP contribution is -2.27. The second kappa shape index (κ2) is 4.60. The molecule has 0 aliphatic rings. The summed E-state index contributed by atoms with van der Waals surface area (Å²) in [6.45, 7) is 5.90. The minimum Gasteiger partial charge on any atom is -0.494 e.